The number of hydrogen-bond acceptors (Lipinski definition) is 5. The summed E-state index contributed by atoms with van der Waals surface area (Å²) in [6, 6.07) is 21.4. The lowest BCUT2D eigenvalue weighted by Gasteiger charge is -2.12. The molecule has 27 heavy (non-hydrogen) atoms. The molecule has 6 heteroatoms. The van der Waals surface area contributed by atoms with E-state index in [-0.39, 0.29) is 5.82 Å². The van der Waals surface area contributed by atoms with Crippen molar-refractivity contribution in [2.45, 2.75) is 0 Å². The maximum atomic E-state index is 13.1. The monoisotopic (exact) mass is 360 g/mol. The largest absolute Gasteiger partial charge is 0.497 e. The summed E-state index contributed by atoms with van der Waals surface area (Å²) in [4.78, 5) is 9.14. The number of benzene rings is 3. The molecule has 0 saturated heterocycles. The van der Waals surface area contributed by atoms with Crippen LogP contribution in [0.25, 0.3) is 10.9 Å². The predicted octanol–water partition coefficient (Wildman–Crippen LogP) is 5.26. The number of fused-ring (bicyclic) bond motifs is 1. The summed E-state index contributed by atoms with van der Waals surface area (Å²) in [5.41, 5.74) is 2.39. The number of ether oxygens (including phenoxy) is 1. The van der Waals surface area contributed by atoms with E-state index in [1.807, 2.05) is 48.5 Å². The fourth-order valence-electron chi connectivity index (χ4n) is 2.70. The van der Waals surface area contributed by atoms with Gasteiger partial charge in [-0.05, 0) is 60.7 Å². The summed E-state index contributed by atoms with van der Waals surface area (Å²) in [6.07, 6.45) is 0. The Hall–Kier alpha value is -3.67. The first-order valence-corrected chi connectivity index (χ1v) is 8.42. The van der Waals surface area contributed by atoms with Gasteiger partial charge in [-0.1, -0.05) is 12.1 Å². The molecule has 4 rings (SSSR count). The molecule has 0 aliphatic heterocycles. The molecule has 0 atom stereocenters. The van der Waals surface area contributed by atoms with E-state index in [0.717, 1.165) is 22.3 Å². The van der Waals surface area contributed by atoms with Crippen molar-refractivity contribution in [1.29, 1.82) is 0 Å². The van der Waals surface area contributed by atoms with Crippen LogP contribution in [0.2, 0.25) is 0 Å². The standard InChI is InChI=1S/C21H17FN4O/c1-27-17-12-10-15(11-13-17)23-20-18-4-2-3-5-19(18)25-21(26-20)24-16-8-6-14(22)7-9-16/h2-13H,1H3,(H2,23,24,25,26). The van der Waals surface area contributed by atoms with Gasteiger partial charge in [-0.15, -0.1) is 0 Å². The Kier molecular flexibility index (Phi) is 4.53. The lowest BCUT2D eigenvalue weighted by atomic mass is 10.2. The minimum Gasteiger partial charge on any atom is -0.497 e. The Morgan fingerprint density at radius 1 is 0.778 bits per heavy atom. The highest BCUT2D eigenvalue weighted by Crippen LogP contribution is 2.27. The van der Waals surface area contributed by atoms with E-state index in [1.165, 1.54) is 12.1 Å². The second-order valence-corrected chi connectivity index (χ2v) is 5.90. The van der Waals surface area contributed by atoms with Crippen LogP contribution in [0.3, 0.4) is 0 Å². The third-order valence-electron chi connectivity index (χ3n) is 4.06. The number of aromatic nitrogens is 2. The third-order valence-corrected chi connectivity index (χ3v) is 4.06. The molecule has 0 saturated carbocycles. The second kappa shape index (κ2) is 7.29. The second-order valence-electron chi connectivity index (χ2n) is 5.90. The molecule has 0 aliphatic carbocycles. The molecule has 5 nitrogen and oxygen atoms in total. The average molecular weight is 360 g/mol. The molecule has 0 radical (unpaired) electrons. The van der Waals surface area contributed by atoms with Crippen molar-refractivity contribution in [3.63, 3.8) is 0 Å². The fraction of sp³-hybridized carbons (Fsp3) is 0.0476. The first-order valence-electron chi connectivity index (χ1n) is 8.42. The van der Waals surface area contributed by atoms with Crippen LogP contribution < -0.4 is 15.4 Å². The molecule has 0 fully saturated rings. The van der Waals surface area contributed by atoms with E-state index in [9.17, 15) is 4.39 Å². The molecule has 1 heterocycles. The van der Waals surface area contributed by atoms with Gasteiger partial charge < -0.3 is 15.4 Å². The van der Waals surface area contributed by atoms with E-state index >= 15 is 0 Å². The normalized spacial score (nSPS) is 10.6. The first kappa shape index (κ1) is 16.8. The Morgan fingerprint density at radius 3 is 2.19 bits per heavy atom. The quantitative estimate of drug-likeness (QED) is 0.508. The van der Waals surface area contributed by atoms with Gasteiger partial charge in [0.05, 0.1) is 12.6 Å². The van der Waals surface area contributed by atoms with E-state index in [2.05, 4.69) is 20.6 Å². The number of anilines is 4. The lowest BCUT2D eigenvalue weighted by Crippen LogP contribution is -2.02. The summed E-state index contributed by atoms with van der Waals surface area (Å²) in [6.45, 7) is 0. The predicted molar refractivity (Wildman–Crippen MR) is 105 cm³/mol. The van der Waals surface area contributed by atoms with Crippen molar-refractivity contribution in [3.8, 4) is 5.75 Å². The summed E-state index contributed by atoms with van der Waals surface area (Å²) in [7, 11) is 1.63. The number of methoxy groups -OCH3 is 1. The minimum absolute atomic E-state index is 0.290. The van der Waals surface area contributed by atoms with Gasteiger partial charge in [0, 0.05) is 16.8 Å². The minimum atomic E-state index is -0.290. The number of nitrogens with one attached hydrogen (secondary N) is 2. The molecule has 0 unspecified atom stereocenters. The van der Waals surface area contributed by atoms with Crippen LogP contribution in [0.5, 0.6) is 5.75 Å². The number of rotatable bonds is 5. The SMILES string of the molecule is COc1ccc(Nc2nc(Nc3ccc(F)cc3)nc3ccccc23)cc1. The maximum absolute atomic E-state index is 13.1. The molecule has 1 aromatic heterocycles. The first-order chi connectivity index (χ1) is 13.2. The van der Waals surface area contributed by atoms with Gasteiger partial charge in [0.25, 0.3) is 0 Å². The zero-order valence-electron chi connectivity index (χ0n) is 14.6. The van der Waals surface area contributed by atoms with Gasteiger partial charge in [0.2, 0.25) is 5.95 Å². The van der Waals surface area contributed by atoms with Crippen LogP contribution in [-0.2, 0) is 0 Å². The van der Waals surface area contributed by atoms with E-state index in [1.54, 1.807) is 19.2 Å². The number of halogens is 1. The van der Waals surface area contributed by atoms with Crippen LogP contribution in [0.15, 0.2) is 72.8 Å². The Balaban J connectivity index is 1.70. The third kappa shape index (κ3) is 3.79. The molecule has 4 aromatic rings. The van der Waals surface area contributed by atoms with Gasteiger partial charge in [0.15, 0.2) is 0 Å². The summed E-state index contributed by atoms with van der Waals surface area (Å²) >= 11 is 0. The van der Waals surface area contributed by atoms with Crippen molar-refractivity contribution >= 4 is 34.0 Å². The average Bonchev–Trinajstić information content (AvgIpc) is 2.70. The molecule has 0 bridgehead atoms. The van der Waals surface area contributed by atoms with Crippen LogP contribution >= 0.6 is 0 Å². The van der Waals surface area contributed by atoms with E-state index in [4.69, 9.17) is 4.74 Å². The molecule has 2 N–H and O–H groups in total. The summed E-state index contributed by atoms with van der Waals surface area (Å²) < 4.78 is 18.3. The van der Waals surface area contributed by atoms with Crippen molar-refractivity contribution in [1.82, 2.24) is 9.97 Å². The number of hydrogen-bond donors (Lipinski definition) is 2. The van der Waals surface area contributed by atoms with Gasteiger partial charge >= 0.3 is 0 Å². The Labute approximate surface area is 155 Å². The molecule has 0 aliphatic rings. The van der Waals surface area contributed by atoms with Crippen LogP contribution in [0.1, 0.15) is 0 Å². The highest BCUT2D eigenvalue weighted by molar-refractivity contribution is 5.92. The molecule has 134 valence electrons. The van der Waals surface area contributed by atoms with Gasteiger partial charge in [-0.25, -0.2) is 9.37 Å². The van der Waals surface area contributed by atoms with Gasteiger partial charge in [-0.2, -0.15) is 4.98 Å². The zero-order chi connectivity index (χ0) is 18.6. The van der Waals surface area contributed by atoms with Crippen molar-refractivity contribution in [3.05, 3.63) is 78.6 Å². The van der Waals surface area contributed by atoms with Crippen molar-refractivity contribution in [2.75, 3.05) is 17.7 Å². The Bertz CT molecular complexity index is 1070. The number of nitrogens with zero attached hydrogens (tertiary/aromatic N) is 2. The van der Waals surface area contributed by atoms with Gasteiger partial charge in [0.1, 0.15) is 17.4 Å². The lowest BCUT2D eigenvalue weighted by molar-refractivity contribution is 0.415. The number of para-hydroxylation sites is 1. The summed E-state index contributed by atoms with van der Waals surface area (Å²) in [5.74, 6) is 1.60. The summed E-state index contributed by atoms with van der Waals surface area (Å²) in [5, 5.41) is 7.35. The van der Waals surface area contributed by atoms with Gasteiger partial charge in [-0.3, -0.25) is 0 Å². The van der Waals surface area contributed by atoms with Crippen LogP contribution in [0.4, 0.5) is 27.5 Å². The van der Waals surface area contributed by atoms with Crippen molar-refractivity contribution in [2.24, 2.45) is 0 Å². The van der Waals surface area contributed by atoms with Crippen LogP contribution in [-0.4, -0.2) is 17.1 Å². The van der Waals surface area contributed by atoms with Crippen LogP contribution in [0, 0.1) is 5.82 Å². The van der Waals surface area contributed by atoms with E-state index < -0.39 is 0 Å². The molecular weight excluding hydrogens is 343 g/mol. The zero-order valence-corrected chi connectivity index (χ0v) is 14.6. The van der Waals surface area contributed by atoms with E-state index in [0.29, 0.717) is 17.5 Å². The highest BCUT2D eigenvalue weighted by atomic mass is 19.1. The maximum Gasteiger partial charge on any atom is 0.229 e. The highest BCUT2D eigenvalue weighted by Gasteiger charge is 2.08. The topological polar surface area (TPSA) is 59.1 Å². The molecule has 0 spiro atoms. The smallest absolute Gasteiger partial charge is 0.229 e. The fourth-order valence-corrected chi connectivity index (χ4v) is 2.70. The molecular formula is C21H17FN4O. The Morgan fingerprint density at radius 2 is 1.44 bits per heavy atom. The molecule has 0 amide bonds. The molecule has 3 aromatic carbocycles. The van der Waals surface area contributed by atoms with Crippen molar-refractivity contribution < 1.29 is 9.13 Å².